The SMILES string of the molecule is CCOC(=O)Cn1c(=NC(=O)CS(=O)(=O)C(C)=O)sc2cc(Br)ccc21. The summed E-state index contributed by atoms with van der Waals surface area (Å²) in [4.78, 5) is 38.9. The van der Waals surface area contributed by atoms with Crippen molar-refractivity contribution in [1.82, 2.24) is 4.57 Å². The number of hydrogen-bond acceptors (Lipinski definition) is 7. The third-order valence-electron chi connectivity index (χ3n) is 3.21. The van der Waals surface area contributed by atoms with E-state index in [1.54, 1.807) is 25.1 Å². The molecule has 0 fully saturated rings. The van der Waals surface area contributed by atoms with Crippen molar-refractivity contribution in [2.75, 3.05) is 12.4 Å². The molecular weight excluding hydrogens is 448 g/mol. The van der Waals surface area contributed by atoms with Gasteiger partial charge in [0.1, 0.15) is 12.3 Å². The summed E-state index contributed by atoms with van der Waals surface area (Å²) >= 11 is 4.46. The summed E-state index contributed by atoms with van der Waals surface area (Å²) < 4.78 is 31.1. The molecule has 2 rings (SSSR count). The number of carbonyl (C=O) groups is 3. The van der Waals surface area contributed by atoms with Gasteiger partial charge in [-0.05, 0) is 25.1 Å². The average molecular weight is 463 g/mol. The number of aromatic nitrogens is 1. The van der Waals surface area contributed by atoms with E-state index in [-0.39, 0.29) is 18.0 Å². The van der Waals surface area contributed by atoms with Gasteiger partial charge >= 0.3 is 5.97 Å². The molecular formula is C15H15BrN2O6S2. The summed E-state index contributed by atoms with van der Waals surface area (Å²) in [5.74, 6) is -2.51. The zero-order valence-corrected chi connectivity index (χ0v) is 17.1. The van der Waals surface area contributed by atoms with Crippen molar-refractivity contribution >= 4 is 64.3 Å². The molecule has 26 heavy (non-hydrogen) atoms. The minimum absolute atomic E-state index is 0.148. The van der Waals surface area contributed by atoms with Gasteiger partial charge in [-0.15, -0.1) is 0 Å². The molecule has 8 nitrogen and oxygen atoms in total. The number of esters is 1. The quantitative estimate of drug-likeness (QED) is 0.620. The second kappa shape index (κ2) is 8.23. The van der Waals surface area contributed by atoms with E-state index >= 15 is 0 Å². The molecule has 0 aliphatic heterocycles. The van der Waals surface area contributed by atoms with Crippen LogP contribution in [-0.4, -0.2) is 42.3 Å². The fourth-order valence-corrected chi connectivity index (χ4v) is 4.22. The second-order valence-electron chi connectivity index (χ2n) is 5.14. The Kier molecular flexibility index (Phi) is 6.48. The molecule has 2 aromatic rings. The van der Waals surface area contributed by atoms with Gasteiger partial charge in [0, 0.05) is 11.4 Å². The normalized spacial score (nSPS) is 12.3. The molecule has 1 aromatic carbocycles. The molecule has 0 bridgehead atoms. The van der Waals surface area contributed by atoms with E-state index in [1.807, 2.05) is 0 Å². The molecule has 140 valence electrons. The summed E-state index contributed by atoms with van der Waals surface area (Å²) in [6.45, 7) is 2.57. The smallest absolute Gasteiger partial charge is 0.326 e. The number of benzene rings is 1. The van der Waals surface area contributed by atoms with E-state index in [1.165, 1.54) is 4.57 Å². The van der Waals surface area contributed by atoms with Crippen LogP contribution >= 0.6 is 27.3 Å². The first-order valence-electron chi connectivity index (χ1n) is 7.39. The van der Waals surface area contributed by atoms with Gasteiger partial charge in [0.2, 0.25) is 15.0 Å². The number of thiazole rings is 1. The van der Waals surface area contributed by atoms with Crippen LogP contribution in [0.2, 0.25) is 0 Å². The van der Waals surface area contributed by atoms with Crippen molar-refractivity contribution < 1.29 is 27.5 Å². The van der Waals surface area contributed by atoms with Crippen LogP contribution in [-0.2, 0) is 35.5 Å². The van der Waals surface area contributed by atoms with Crippen LogP contribution in [0.5, 0.6) is 0 Å². The van der Waals surface area contributed by atoms with Gasteiger partial charge in [-0.2, -0.15) is 4.99 Å². The molecule has 0 N–H and O–H groups in total. The van der Waals surface area contributed by atoms with Crippen LogP contribution in [0.4, 0.5) is 0 Å². The Hall–Kier alpha value is -1.85. The predicted molar refractivity (Wildman–Crippen MR) is 99.2 cm³/mol. The number of fused-ring (bicyclic) bond motifs is 1. The van der Waals surface area contributed by atoms with Crippen LogP contribution in [0.25, 0.3) is 10.2 Å². The molecule has 1 heterocycles. The number of nitrogens with zero attached hydrogens (tertiary/aromatic N) is 2. The van der Waals surface area contributed by atoms with Gasteiger partial charge in [-0.25, -0.2) is 8.42 Å². The Bertz CT molecular complexity index is 1050. The van der Waals surface area contributed by atoms with Crippen molar-refractivity contribution in [3.05, 3.63) is 27.5 Å². The summed E-state index contributed by atoms with van der Waals surface area (Å²) in [6.07, 6.45) is 0. The first kappa shape index (κ1) is 20.5. The monoisotopic (exact) mass is 462 g/mol. The number of sulfone groups is 1. The summed E-state index contributed by atoms with van der Waals surface area (Å²) in [5.41, 5.74) is 0.646. The number of halogens is 1. The second-order valence-corrected chi connectivity index (χ2v) is 9.16. The lowest BCUT2D eigenvalue weighted by Gasteiger charge is -2.05. The van der Waals surface area contributed by atoms with Gasteiger partial charge in [0.15, 0.2) is 4.80 Å². The molecule has 0 radical (unpaired) electrons. The van der Waals surface area contributed by atoms with Crippen LogP contribution in [0.15, 0.2) is 27.7 Å². The Morgan fingerprint density at radius 3 is 2.62 bits per heavy atom. The van der Waals surface area contributed by atoms with E-state index in [2.05, 4.69) is 20.9 Å². The number of rotatable bonds is 5. The molecule has 11 heteroatoms. The number of hydrogen-bond donors (Lipinski definition) is 0. The highest BCUT2D eigenvalue weighted by atomic mass is 79.9. The first-order chi connectivity index (χ1) is 12.1. The number of ether oxygens (including phenoxy) is 1. The highest BCUT2D eigenvalue weighted by Gasteiger charge is 2.22. The van der Waals surface area contributed by atoms with Crippen LogP contribution in [0, 0.1) is 0 Å². The topological polar surface area (TPSA) is 112 Å². The van der Waals surface area contributed by atoms with Gasteiger partial charge < -0.3 is 9.30 Å². The van der Waals surface area contributed by atoms with E-state index in [0.717, 1.165) is 27.4 Å². The number of carbonyl (C=O) groups excluding carboxylic acids is 3. The van der Waals surface area contributed by atoms with E-state index in [9.17, 15) is 22.8 Å². The lowest BCUT2D eigenvalue weighted by molar-refractivity contribution is -0.143. The summed E-state index contributed by atoms with van der Waals surface area (Å²) in [5, 5.41) is -1.10. The Morgan fingerprint density at radius 2 is 2.00 bits per heavy atom. The van der Waals surface area contributed by atoms with Crippen molar-refractivity contribution in [1.29, 1.82) is 0 Å². The maximum atomic E-state index is 12.0. The van der Waals surface area contributed by atoms with Gasteiger partial charge in [-0.3, -0.25) is 14.4 Å². The average Bonchev–Trinajstić information content (AvgIpc) is 2.83. The maximum absolute atomic E-state index is 12.0. The Morgan fingerprint density at radius 1 is 1.31 bits per heavy atom. The van der Waals surface area contributed by atoms with Gasteiger partial charge in [0.25, 0.3) is 5.91 Å². The molecule has 0 atom stereocenters. The molecule has 0 aliphatic carbocycles. The predicted octanol–water partition coefficient (Wildman–Crippen LogP) is 1.42. The third kappa shape index (κ3) is 4.86. The lowest BCUT2D eigenvalue weighted by Crippen LogP contribution is -2.26. The van der Waals surface area contributed by atoms with Crippen molar-refractivity contribution in [2.24, 2.45) is 4.99 Å². The molecule has 0 spiro atoms. The number of amides is 1. The highest BCUT2D eigenvalue weighted by molar-refractivity contribution is 9.10. The molecule has 0 saturated heterocycles. The minimum atomic E-state index is -4.18. The standard InChI is InChI=1S/C15H15BrN2O6S2/c1-3-24-14(21)7-18-11-5-4-10(16)6-12(11)25-15(18)17-13(20)8-26(22,23)9(2)19/h4-6H,3,7-8H2,1-2H3. The fraction of sp³-hybridized carbons (Fsp3) is 0.333. The maximum Gasteiger partial charge on any atom is 0.326 e. The zero-order valence-electron chi connectivity index (χ0n) is 13.9. The largest absolute Gasteiger partial charge is 0.465 e. The first-order valence-corrected chi connectivity index (χ1v) is 10.7. The fourth-order valence-electron chi connectivity index (χ4n) is 2.02. The van der Waals surface area contributed by atoms with Crippen LogP contribution in [0.1, 0.15) is 13.8 Å². The molecule has 0 unspecified atom stereocenters. The minimum Gasteiger partial charge on any atom is -0.465 e. The molecule has 0 aliphatic rings. The van der Waals surface area contributed by atoms with Gasteiger partial charge in [0.05, 0.1) is 16.8 Å². The van der Waals surface area contributed by atoms with Crippen molar-refractivity contribution in [2.45, 2.75) is 20.4 Å². The van der Waals surface area contributed by atoms with Crippen molar-refractivity contribution in [3.8, 4) is 0 Å². The van der Waals surface area contributed by atoms with Crippen molar-refractivity contribution in [3.63, 3.8) is 0 Å². The van der Waals surface area contributed by atoms with E-state index < -0.39 is 32.6 Å². The highest BCUT2D eigenvalue weighted by Crippen LogP contribution is 2.22. The van der Waals surface area contributed by atoms with Gasteiger partial charge in [-0.1, -0.05) is 27.3 Å². The van der Waals surface area contributed by atoms with E-state index in [4.69, 9.17) is 4.74 Å². The Labute approximate surface area is 161 Å². The lowest BCUT2D eigenvalue weighted by atomic mass is 10.3. The molecule has 1 aromatic heterocycles. The Balaban J connectivity index is 2.52. The molecule has 0 saturated carbocycles. The van der Waals surface area contributed by atoms with E-state index in [0.29, 0.717) is 5.52 Å². The molecule has 1 amide bonds. The third-order valence-corrected chi connectivity index (χ3v) is 6.25. The summed E-state index contributed by atoms with van der Waals surface area (Å²) in [6, 6.07) is 5.30. The summed E-state index contributed by atoms with van der Waals surface area (Å²) in [7, 11) is -4.18. The zero-order chi connectivity index (χ0) is 19.5. The van der Waals surface area contributed by atoms with Crippen LogP contribution in [0.3, 0.4) is 0 Å². The van der Waals surface area contributed by atoms with Crippen LogP contribution < -0.4 is 4.80 Å².